The van der Waals surface area contributed by atoms with E-state index in [2.05, 4.69) is 25.6 Å². The molecule has 0 amide bonds. The number of hydrogen-bond acceptors (Lipinski definition) is 3. The van der Waals surface area contributed by atoms with Gasteiger partial charge in [0.2, 0.25) is 0 Å². The Morgan fingerprint density at radius 1 is 1.28 bits per heavy atom. The number of nitrogens with one attached hydrogen (secondary N) is 1. The van der Waals surface area contributed by atoms with E-state index in [1.165, 1.54) is 6.20 Å². The second kappa shape index (κ2) is 5.07. The molecule has 2 aromatic rings. The highest BCUT2D eigenvalue weighted by atomic mass is 79.9. The Morgan fingerprint density at radius 3 is 2.67 bits per heavy atom. The number of aromatic nitrogens is 1. The fraction of sp³-hybridized carbons (Fsp3) is 0.0833. The number of aryl methyl sites for hydroxylation is 1. The molecule has 0 bridgehead atoms. The molecule has 0 saturated carbocycles. The normalized spacial score (nSPS) is 11.2. The smallest absolute Gasteiger partial charge is 0.261 e. The van der Waals surface area contributed by atoms with Gasteiger partial charge in [0.1, 0.15) is 0 Å². The first kappa shape index (κ1) is 13.0. The predicted molar refractivity (Wildman–Crippen MR) is 73.9 cm³/mol. The van der Waals surface area contributed by atoms with Crippen LogP contribution in [-0.2, 0) is 10.0 Å². The van der Waals surface area contributed by atoms with Crippen molar-refractivity contribution in [3.8, 4) is 0 Å². The molecule has 0 aliphatic rings. The van der Waals surface area contributed by atoms with Gasteiger partial charge >= 0.3 is 0 Å². The van der Waals surface area contributed by atoms with Crippen molar-refractivity contribution in [2.45, 2.75) is 11.8 Å². The maximum atomic E-state index is 12.1. The van der Waals surface area contributed by atoms with Crippen LogP contribution in [0.5, 0.6) is 0 Å². The van der Waals surface area contributed by atoms with Crippen LogP contribution in [0.4, 0.5) is 5.69 Å². The summed E-state index contributed by atoms with van der Waals surface area (Å²) in [6.07, 6.45) is 3.05. The molecule has 0 saturated heterocycles. The summed E-state index contributed by atoms with van der Waals surface area (Å²) in [6, 6.07) is 8.20. The molecule has 0 aliphatic carbocycles. The van der Waals surface area contributed by atoms with Crippen molar-refractivity contribution < 1.29 is 8.42 Å². The SMILES string of the molecule is Cc1cc(S(=O)(=O)Nc2cccnc2)ccc1Br. The van der Waals surface area contributed by atoms with Gasteiger partial charge in [-0.05, 0) is 42.8 Å². The lowest BCUT2D eigenvalue weighted by atomic mass is 10.2. The molecule has 1 aromatic carbocycles. The second-order valence-electron chi connectivity index (χ2n) is 3.76. The van der Waals surface area contributed by atoms with Crippen molar-refractivity contribution in [3.05, 3.63) is 52.8 Å². The van der Waals surface area contributed by atoms with Gasteiger partial charge in [-0.3, -0.25) is 9.71 Å². The number of halogens is 1. The number of sulfonamides is 1. The van der Waals surface area contributed by atoms with Crippen molar-refractivity contribution in [2.24, 2.45) is 0 Å². The second-order valence-corrected chi connectivity index (χ2v) is 6.29. The van der Waals surface area contributed by atoms with E-state index in [1.807, 2.05) is 6.92 Å². The fourth-order valence-electron chi connectivity index (χ4n) is 1.42. The third-order valence-electron chi connectivity index (χ3n) is 2.35. The van der Waals surface area contributed by atoms with E-state index >= 15 is 0 Å². The number of hydrogen-bond donors (Lipinski definition) is 1. The Morgan fingerprint density at radius 2 is 2.06 bits per heavy atom. The first-order chi connectivity index (χ1) is 8.49. The van der Waals surface area contributed by atoms with Crippen LogP contribution in [0.2, 0.25) is 0 Å². The molecule has 0 spiro atoms. The van der Waals surface area contributed by atoms with Crippen molar-refractivity contribution in [3.63, 3.8) is 0 Å². The minimum absolute atomic E-state index is 0.229. The van der Waals surface area contributed by atoms with Crippen molar-refractivity contribution in [1.29, 1.82) is 0 Å². The summed E-state index contributed by atoms with van der Waals surface area (Å²) >= 11 is 3.34. The molecule has 94 valence electrons. The largest absolute Gasteiger partial charge is 0.278 e. The molecule has 1 aromatic heterocycles. The number of benzene rings is 1. The zero-order valence-corrected chi connectivity index (χ0v) is 12.0. The summed E-state index contributed by atoms with van der Waals surface area (Å²) in [6.45, 7) is 1.84. The lowest BCUT2D eigenvalue weighted by Gasteiger charge is -2.08. The fourth-order valence-corrected chi connectivity index (χ4v) is 2.80. The topological polar surface area (TPSA) is 59.1 Å². The minimum Gasteiger partial charge on any atom is -0.278 e. The number of anilines is 1. The van der Waals surface area contributed by atoms with Gasteiger partial charge in [0.15, 0.2) is 0 Å². The van der Waals surface area contributed by atoms with E-state index in [0.717, 1.165) is 10.0 Å². The summed E-state index contributed by atoms with van der Waals surface area (Å²) in [7, 11) is -3.56. The molecule has 6 heteroatoms. The van der Waals surface area contributed by atoms with E-state index < -0.39 is 10.0 Å². The van der Waals surface area contributed by atoms with E-state index in [4.69, 9.17) is 0 Å². The average molecular weight is 327 g/mol. The molecule has 1 N–H and O–H groups in total. The van der Waals surface area contributed by atoms with Crippen molar-refractivity contribution in [1.82, 2.24) is 4.98 Å². The van der Waals surface area contributed by atoms with Crippen LogP contribution in [0, 0.1) is 6.92 Å². The molecule has 2 rings (SSSR count). The summed E-state index contributed by atoms with van der Waals surface area (Å²) in [5.74, 6) is 0. The van der Waals surface area contributed by atoms with Gasteiger partial charge in [-0.25, -0.2) is 8.42 Å². The van der Waals surface area contributed by atoms with E-state index in [0.29, 0.717) is 5.69 Å². The lowest BCUT2D eigenvalue weighted by molar-refractivity contribution is 0.601. The van der Waals surface area contributed by atoms with Gasteiger partial charge in [0.25, 0.3) is 10.0 Å². The summed E-state index contributed by atoms with van der Waals surface area (Å²) in [5, 5.41) is 0. The van der Waals surface area contributed by atoms with E-state index in [9.17, 15) is 8.42 Å². The third-order valence-corrected chi connectivity index (χ3v) is 4.62. The lowest BCUT2D eigenvalue weighted by Crippen LogP contribution is -2.13. The van der Waals surface area contributed by atoms with Gasteiger partial charge in [-0.1, -0.05) is 15.9 Å². The Bertz CT molecular complexity index is 657. The molecule has 0 radical (unpaired) electrons. The predicted octanol–water partition coefficient (Wildman–Crippen LogP) is 2.95. The van der Waals surface area contributed by atoms with Gasteiger partial charge in [-0.2, -0.15) is 0 Å². The molecule has 0 atom stereocenters. The highest BCUT2D eigenvalue weighted by Crippen LogP contribution is 2.21. The van der Waals surface area contributed by atoms with E-state index in [-0.39, 0.29) is 4.90 Å². The maximum Gasteiger partial charge on any atom is 0.261 e. The molecular formula is C12H11BrN2O2S. The Balaban J connectivity index is 2.34. The highest BCUT2D eigenvalue weighted by Gasteiger charge is 2.14. The van der Waals surface area contributed by atoms with Crippen LogP contribution in [-0.4, -0.2) is 13.4 Å². The zero-order valence-electron chi connectivity index (χ0n) is 9.59. The van der Waals surface area contributed by atoms with Crippen molar-refractivity contribution >= 4 is 31.6 Å². The number of rotatable bonds is 3. The van der Waals surface area contributed by atoms with Gasteiger partial charge < -0.3 is 0 Å². The Hall–Kier alpha value is -1.40. The molecule has 1 heterocycles. The minimum atomic E-state index is -3.56. The van der Waals surface area contributed by atoms with Crippen LogP contribution < -0.4 is 4.72 Å². The molecule has 0 fully saturated rings. The van der Waals surface area contributed by atoms with Crippen LogP contribution in [0.15, 0.2) is 52.1 Å². The molecule has 18 heavy (non-hydrogen) atoms. The van der Waals surface area contributed by atoms with Crippen LogP contribution in [0.25, 0.3) is 0 Å². The van der Waals surface area contributed by atoms with Gasteiger partial charge in [-0.15, -0.1) is 0 Å². The quantitative estimate of drug-likeness (QED) is 0.943. The summed E-state index contributed by atoms with van der Waals surface area (Å²) < 4.78 is 27.6. The summed E-state index contributed by atoms with van der Waals surface area (Å²) in [4.78, 5) is 4.09. The standard InChI is InChI=1S/C12H11BrN2O2S/c1-9-7-11(4-5-12(9)13)18(16,17)15-10-3-2-6-14-8-10/h2-8,15H,1H3. The molecule has 0 unspecified atom stereocenters. The molecule has 4 nitrogen and oxygen atoms in total. The van der Waals surface area contributed by atoms with Crippen molar-refractivity contribution in [2.75, 3.05) is 4.72 Å². The average Bonchev–Trinajstić information content (AvgIpc) is 2.33. The molecular weight excluding hydrogens is 316 g/mol. The zero-order chi connectivity index (χ0) is 13.2. The maximum absolute atomic E-state index is 12.1. The van der Waals surface area contributed by atoms with E-state index in [1.54, 1.807) is 36.5 Å². The first-order valence-corrected chi connectivity index (χ1v) is 7.46. The third kappa shape index (κ3) is 2.88. The monoisotopic (exact) mass is 326 g/mol. The van der Waals surface area contributed by atoms with Gasteiger partial charge in [0.05, 0.1) is 16.8 Å². The van der Waals surface area contributed by atoms with Crippen LogP contribution >= 0.6 is 15.9 Å². The molecule has 0 aliphatic heterocycles. The summed E-state index contributed by atoms with van der Waals surface area (Å²) in [5.41, 5.74) is 1.31. The Labute approximate surface area is 114 Å². The highest BCUT2D eigenvalue weighted by molar-refractivity contribution is 9.10. The van der Waals surface area contributed by atoms with Crippen LogP contribution in [0.3, 0.4) is 0 Å². The van der Waals surface area contributed by atoms with Crippen LogP contribution in [0.1, 0.15) is 5.56 Å². The Kier molecular flexibility index (Phi) is 3.68. The van der Waals surface area contributed by atoms with Gasteiger partial charge in [0, 0.05) is 10.7 Å². The number of pyridine rings is 1. The number of nitrogens with zero attached hydrogens (tertiary/aromatic N) is 1. The first-order valence-electron chi connectivity index (χ1n) is 5.18.